The first-order valence-electron chi connectivity index (χ1n) is 16.9. The Morgan fingerprint density at radius 1 is 0.800 bits per heavy atom. The number of rotatable bonds is 16. The number of hydrogen-bond acceptors (Lipinski definition) is 7. The minimum absolute atomic E-state index is 0.131. The minimum Gasteiger partial charge on any atom is -0.396 e. The Morgan fingerprint density at radius 3 is 2.15 bits per heavy atom. The molecule has 4 aliphatic rings. The standard InChI is InChI=1S/C33H63N3O4/c1-23(8-4-16-37)26-9-10-27-31-28(22-30(33(26,27)3)40-19-7-15-36)32(2)12-11-25(38-17-5-13-34)20-24(32)21-29(31)39-18-6-14-35/h23-31,37H,4-22,34-36H2,1-3H3/t23?,24?,25?,26-,27?,28?,29?,30?,31?,32?,33?/m1/s1. The van der Waals surface area contributed by atoms with Crippen molar-refractivity contribution in [1.82, 2.24) is 0 Å². The number of fused-ring (bicyclic) bond motifs is 5. The lowest BCUT2D eigenvalue weighted by Crippen LogP contribution is -2.63. The van der Waals surface area contributed by atoms with Crippen LogP contribution in [0.1, 0.15) is 97.8 Å². The molecule has 0 aromatic rings. The predicted octanol–water partition coefficient (Wildman–Crippen LogP) is 4.48. The Bertz CT molecular complexity index is 757. The minimum atomic E-state index is 0.131. The Balaban J connectivity index is 1.64. The van der Waals surface area contributed by atoms with Gasteiger partial charge in [0.1, 0.15) is 0 Å². The molecule has 0 bridgehead atoms. The molecule has 234 valence electrons. The molecule has 0 aromatic heterocycles. The van der Waals surface area contributed by atoms with Crippen LogP contribution >= 0.6 is 0 Å². The molecule has 0 heterocycles. The third-order valence-corrected chi connectivity index (χ3v) is 12.3. The molecule has 0 spiro atoms. The smallest absolute Gasteiger partial charge is 0.0637 e. The van der Waals surface area contributed by atoms with Gasteiger partial charge in [0, 0.05) is 31.8 Å². The molecule has 7 N–H and O–H groups in total. The van der Waals surface area contributed by atoms with Gasteiger partial charge in [-0.15, -0.1) is 0 Å². The highest BCUT2D eigenvalue weighted by molar-refractivity contribution is 5.15. The van der Waals surface area contributed by atoms with Crippen LogP contribution in [0.25, 0.3) is 0 Å². The van der Waals surface area contributed by atoms with Crippen LogP contribution in [0.15, 0.2) is 0 Å². The van der Waals surface area contributed by atoms with Gasteiger partial charge in [-0.2, -0.15) is 0 Å². The fourth-order valence-electron chi connectivity index (χ4n) is 10.2. The first kappa shape index (κ1) is 32.6. The average Bonchev–Trinajstić information content (AvgIpc) is 3.31. The molecule has 4 aliphatic carbocycles. The average molecular weight is 566 g/mol. The highest BCUT2D eigenvalue weighted by Gasteiger charge is 2.66. The SMILES string of the molecule is CC(CCCO)[C@H]1CCC2C3C(OCCCN)CC4CC(OCCCN)CCC4(C)C3CC(OCCCN)C21C. The summed E-state index contributed by atoms with van der Waals surface area (Å²) in [6, 6.07) is 0. The maximum Gasteiger partial charge on any atom is 0.0637 e. The summed E-state index contributed by atoms with van der Waals surface area (Å²) in [6.45, 7) is 12.2. The molecule has 0 amide bonds. The molecule has 0 radical (unpaired) electrons. The molecule has 7 nitrogen and oxygen atoms in total. The molecule has 4 saturated carbocycles. The van der Waals surface area contributed by atoms with Crippen molar-refractivity contribution in [1.29, 1.82) is 0 Å². The van der Waals surface area contributed by atoms with Crippen molar-refractivity contribution in [2.24, 2.45) is 63.5 Å². The number of hydrogen-bond donors (Lipinski definition) is 4. The molecular formula is C33H63N3O4. The van der Waals surface area contributed by atoms with E-state index in [1.165, 1.54) is 19.3 Å². The molecule has 4 fully saturated rings. The largest absolute Gasteiger partial charge is 0.396 e. The summed E-state index contributed by atoms with van der Waals surface area (Å²) >= 11 is 0. The van der Waals surface area contributed by atoms with Crippen LogP contribution in [0.3, 0.4) is 0 Å². The molecule has 7 heteroatoms. The second-order valence-corrected chi connectivity index (χ2v) is 14.3. The number of aliphatic hydroxyl groups is 1. The fourth-order valence-corrected chi connectivity index (χ4v) is 10.2. The van der Waals surface area contributed by atoms with Crippen LogP contribution in [0, 0.1) is 46.3 Å². The maximum atomic E-state index is 9.58. The lowest BCUT2D eigenvalue weighted by atomic mass is 9.43. The van der Waals surface area contributed by atoms with Gasteiger partial charge in [0.25, 0.3) is 0 Å². The van der Waals surface area contributed by atoms with Crippen molar-refractivity contribution >= 4 is 0 Å². The summed E-state index contributed by atoms with van der Waals surface area (Å²) in [5, 5.41) is 9.58. The topological polar surface area (TPSA) is 126 Å². The van der Waals surface area contributed by atoms with E-state index < -0.39 is 0 Å². The zero-order valence-corrected chi connectivity index (χ0v) is 26.0. The van der Waals surface area contributed by atoms with E-state index in [0.29, 0.717) is 72.8 Å². The van der Waals surface area contributed by atoms with E-state index in [4.69, 9.17) is 31.4 Å². The first-order chi connectivity index (χ1) is 19.3. The van der Waals surface area contributed by atoms with Gasteiger partial charge >= 0.3 is 0 Å². The highest BCUT2D eigenvalue weighted by atomic mass is 16.5. The summed E-state index contributed by atoms with van der Waals surface area (Å²) in [4.78, 5) is 0. The molecule has 40 heavy (non-hydrogen) atoms. The van der Waals surface area contributed by atoms with Gasteiger partial charge in [-0.3, -0.25) is 0 Å². The van der Waals surface area contributed by atoms with Crippen molar-refractivity contribution in [3.8, 4) is 0 Å². The number of nitrogens with two attached hydrogens (primary N) is 3. The summed E-state index contributed by atoms with van der Waals surface area (Å²) < 4.78 is 20.1. The zero-order valence-electron chi connectivity index (χ0n) is 26.0. The highest BCUT2D eigenvalue weighted by Crippen LogP contribution is 2.69. The van der Waals surface area contributed by atoms with Crippen LogP contribution in [0.5, 0.6) is 0 Å². The molecular weight excluding hydrogens is 502 g/mol. The maximum absolute atomic E-state index is 9.58. The van der Waals surface area contributed by atoms with Gasteiger partial charge in [-0.05, 0) is 138 Å². The van der Waals surface area contributed by atoms with Crippen molar-refractivity contribution in [3.05, 3.63) is 0 Å². The third kappa shape index (κ3) is 6.61. The van der Waals surface area contributed by atoms with Crippen molar-refractivity contribution in [2.75, 3.05) is 46.1 Å². The van der Waals surface area contributed by atoms with E-state index in [0.717, 1.165) is 77.6 Å². The summed E-state index contributed by atoms with van der Waals surface area (Å²) in [5.74, 6) is 3.60. The van der Waals surface area contributed by atoms with Gasteiger partial charge in [-0.1, -0.05) is 20.8 Å². The fraction of sp³-hybridized carbons (Fsp3) is 1.00. The Labute approximate surface area is 245 Å². The van der Waals surface area contributed by atoms with Gasteiger partial charge in [-0.25, -0.2) is 0 Å². The van der Waals surface area contributed by atoms with Crippen LogP contribution < -0.4 is 17.2 Å². The number of ether oxygens (including phenoxy) is 3. The summed E-state index contributed by atoms with van der Waals surface area (Å²) in [5.41, 5.74) is 18.0. The van der Waals surface area contributed by atoms with Crippen molar-refractivity contribution < 1.29 is 19.3 Å². The van der Waals surface area contributed by atoms with Crippen LogP contribution in [0.4, 0.5) is 0 Å². The van der Waals surface area contributed by atoms with Crippen molar-refractivity contribution in [3.63, 3.8) is 0 Å². The van der Waals surface area contributed by atoms with E-state index in [1.54, 1.807) is 0 Å². The molecule has 10 unspecified atom stereocenters. The molecule has 0 saturated heterocycles. The van der Waals surface area contributed by atoms with Gasteiger partial charge < -0.3 is 36.5 Å². The van der Waals surface area contributed by atoms with Gasteiger partial charge in [0.05, 0.1) is 18.3 Å². The van der Waals surface area contributed by atoms with E-state index >= 15 is 0 Å². The van der Waals surface area contributed by atoms with E-state index in [2.05, 4.69) is 20.8 Å². The second kappa shape index (κ2) is 14.9. The molecule has 0 aliphatic heterocycles. The van der Waals surface area contributed by atoms with Gasteiger partial charge in [0.15, 0.2) is 0 Å². The number of aliphatic hydroxyl groups excluding tert-OH is 1. The quantitative estimate of drug-likeness (QED) is 0.203. The Morgan fingerprint density at radius 2 is 1.48 bits per heavy atom. The van der Waals surface area contributed by atoms with E-state index in [9.17, 15) is 5.11 Å². The summed E-state index contributed by atoms with van der Waals surface area (Å²) in [6.07, 6.45) is 14.0. The molecule has 11 atom stereocenters. The van der Waals surface area contributed by atoms with Crippen LogP contribution in [-0.4, -0.2) is 69.5 Å². The normalized spacial score (nSPS) is 41.8. The first-order valence-corrected chi connectivity index (χ1v) is 16.9. The third-order valence-electron chi connectivity index (χ3n) is 12.3. The van der Waals surface area contributed by atoms with E-state index in [-0.39, 0.29) is 18.1 Å². The monoisotopic (exact) mass is 565 g/mol. The van der Waals surface area contributed by atoms with Gasteiger partial charge in [0.2, 0.25) is 0 Å². The summed E-state index contributed by atoms with van der Waals surface area (Å²) in [7, 11) is 0. The van der Waals surface area contributed by atoms with Crippen molar-refractivity contribution in [2.45, 2.75) is 116 Å². The molecule has 4 rings (SSSR count). The second-order valence-electron chi connectivity index (χ2n) is 14.3. The zero-order chi connectivity index (χ0) is 28.8. The Kier molecular flexibility index (Phi) is 12.2. The predicted molar refractivity (Wildman–Crippen MR) is 162 cm³/mol. The molecule has 0 aromatic carbocycles. The van der Waals surface area contributed by atoms with E-state index in [1.807, 2.05) is 0 Å². The van der Waals surface area contributed by atoms with Crippen LogP contribution in [-0.2, 0) is 14.2 Å². The Hall–Kier alpha value is -0.280. The van der Waals surface area contributed by atoms with Crippen LogP contribution in [0.2, 0.25) is 0 Å². The lowest BCUT2D eigenvalue weighted by Gasteiger charge is -2.65. The lowest BCUT2D eigenvalue weighted by molar-refractivity contribution is -0.227.